The number of aromatic carboxylic acids is 1. The minimum absolute atomic E-state index is 0.223. The van der Waals surface area contributed by atoms with E-state index < -0.39 is 5.97 Å². The minimum atomic E-state index is -0.957. The van der Waals surface area contributed by atoms with Gasteiger partial charge in [0.1, 0.15) is 12.4 Å². The van der Waals surface area contributed by atoms with Gasteiger partial charge in [0.25, 0.3) is 0 Å². The molecular formula is C20H16O3. The molecule has 0 spiro atoms. The smallest absolute Gasteiger partial charge is 0.335 e. The van der Waals surface area contributed by atoms with Crippen LogP contribution in [0.2, 0.25) is 0 Å². The van der Waals surface area contributed by atoms with Crippen molar-refractivity contribution in [3.05, 3.63) is 90.0 Å². The van der Waals surface area contributed by atoms with E-state index >= 15 is 0 Å². The van der Waals surface area contributed by atoms with Crippen molar-refractivity contribution in [2.75, 3.05) is 0 Å². The molecule has 0 aliphatic rings. The van der Waals surface area contributed by atoms with Gasteiger partial charge >= 0.3 is 5.97 Å². The number of hydrogen-bond acceptors (Lipinski definition) is 2. The number of ether oxygens (including phenoxy) is 1. The van der Waals surface area contributed by atoms with Gasteiger partial charge in [-0.3, -0.25) is 0 Å². The summed E-state index contributed by atoms with van der Waals surface area (Å²) in [4.78, 5) is 11.0. The Hall–Kier alpha value is -3.07. The maximum absolute atomic E-state index is 11.0. The van der Waals surface area contributed by atoms with E-state index in [0.29, 0.717) is 12.4 Å². The predicted molar refractivity (Wildman–Crippen MR) is 89.6 cm³/mol. The molecule has 0 bridgehead atoms. The maximum Gasteiger partial charge on any atom is 0.335 e. The predicted octanol–water partition coefficient (Wildman–Crippen LogP) is 4.63. The quantitative estimate of drug-likeness (QED) is 0.747. The zero-order valence-corrected chi connectivity index (χ0v) is 12.5. The lowest BCUT2D eigenvalue weighted by Crippen LogP contribution is -1.99. The van der Waals surface area contributed by atoms with Crippen LogP contribution in [0.4, 0.5) is 0 Å². The van der Waals surface area contributed by atoms with Crippen LogP contribution in [0.25, 0.3) is 11.1 Å². The summed E-state index contributed by atoms with van der Waals surface area (Å²) in [6, 6.07) is 24.8. The minimum Gasteiger partial charge on any atom is -0.489 e. The molecule has 0 saturated heterocycles. The molecule has 0 radical (unpaired) electrons. The molecule has 0 amide bonds. The van der Waals surface area contributed by atoms with Crippen LogP contribution in [0, 0.1) is 0 Å². The number of carboxylic acid groups (broad SMARTS) is 1. The first-order chi connectivity index (χ1) is 11.2. The van der Waals surface area contributed by atoms with Crippen molar-refractivity contribution in [3.8, 4) is 16.9 Å². The summed E-state index contributed by atoms with van der Waals surface area (Å²) in [6.07, 6.45) is 0. The Balaban J connectivity index is 1.74. The molecule has 0 fully saturated rings. The number of hydrogen-bond donors (Lipinski definition) is 1. The fourth-order valence-electron chi connectivity index (χ4n) is 2.36. The molecule has 23 heavy (non-hydrogen) atoms. The van der Waals surface area contributed by atoms with Gasteiger partial charge < -0.3 is 9.84 Å². The summed E-state index contributed by atoms with van der Waals surface area (Å²) in [5.74, 6) is -0.406. The fourth-order valence-corrected chi connectivity index (χ4v) is 2.36. The van der Waals surface area contributed by atoms with Gasteiger partial charge in [-0.1, -0.05) is 54.6 Å². The second kappa shape index (κ2) is 6.79. The normalized spacial score (nSPS) is 10.3. The molecule has 3 heteroatoms. The van der Waals surface area contributed by atoms with E-state index in [4.69, 9.17) is 9.84 Å². The van der Waals surface area contributed by atoms with Crippen LogP contribution in [0.3, 0.4) is 0 Å². The van der Waals surface area contributed by atoms with Crippen molar-refractivity contribution < 1.29 is 14.6 Å². The first kappa shape index (κ1) is 14.9. The summed E-state index contributed by atoms with van der Waals surface area (Å²) in [5.41, 5.74) is 3.54. The maximum atomic E-state index is 11.0. The summed E-state index contributed by atoms with van der Waals surface area (Å²) in [6.45, 7) is 0.393. The molecule has 0 aliphatic carbocycles. The topological polar surface area (TPSA) is 46.5 Å². The highest BCUT2D eigenvalue weighted by atomic mass is 16.5. The average molecular weight is 304 g/mol. The van der Waals surface area contributed by atoms with Gasteiger partial charge in [-0.05, 0) is 41.0 Å². The Morgan fingerprint density at radius 2 is 1.57 bits per heavy atom. The Morgan fingerprint density at radius 1 is 0.826 bits per heavy atom. The number of benzene rings is 3. The Kier molecular flexibility index (Phi) is 4.39. The van der Waals surface area contributed by atoms with Crippen molar-refractivity contribution >= 4 is 5.97 Å². The highest BCUT2D eigenvalue weighted by molar-refractivity contribution is 5.88. The van der Waals surface area contributed by atoms with Gasteiger partial charge in [0, 0.05) is 0 Å². The SMILES string of the molecule is O=C(O)c1cccc(OCc2cccc(-c3ccccc3)c2)c1. The van der Waals surface area contributed by atoms with Gasteiger partial charge in [-0.2, -0.15) is 0 Å². The third-order valence-corrected chi connectivity index (χ3v) is 3.52. The molecule has 3 nitrogen and oxygen atoms in total. The zero-order chi connectivity index (χ0) is 16.1. The van der Waals surface area contributed by atoms with E-state index in [1.165, 1.54) is 6.07 Å². The summed E-state index contributed by atoms with van der Waals surface area (Å²) < 4.78 is 5.71. The first-order valence-corrected chi connectivity index (χ1v) is 7.33. The van der Waals surface area contributed by atoms with Crippen molar-refractivity contribution in [3.63, 3.8) is 0 Å². The Morgan fingerprint density at radius 3 is 2.35 bits per heavy atom. The van der Waals surface area contributed by atoms with Gasteiger partial charge in [0.05, 0.1) is 5.56 Å². The fraction of sp³-hybridized carbons (Fsp3) is 0.0500. The number of carboxylic acids is 1. The molecule has 3 aromatic rings. The second-order valence-corrected chi connectivity index (χ2v) is 5.19. The Labute approximate surface area is 134 Å². The first-order valence-electron chi connectivity index (χ1n) is 7.33. The average Bonchev–Trinajstić information content (AvgIpc) is 2.61. The monoisotopic (exact) mass is 304 g/mol. The van der Waals surface area contributed by atoms with Gasteiger partial charge in [0.15, 0.2) is 0 Å². The van der Waals surface area contributed by atoms with E-state index in [1.54, 1.807) is 18.2 Å². The molecular weight excluding hydrogens is 288 g/mol. The lowest BCUT2D eigenvalue weighted by molar-refractivity contribution is 0.0696. The van der Waals surface area contributed by atoms with E-state index in [-0.39, 0.29) is 5.56 Å². The van der Waals surface area contributed by atoms with E-state index in [9.17, 15) is 4.79 Å². The molecule has 0 atom stereocenters. The highest BCUT2D eigenvalue weighted by Crippen LogP contribution is 2.21. The van der Waals surface area contributed by atoms with Gasteiger partial charge in [-0.15, -0.1) is 0 Å². The largest absolute Gasteiger partial charge is 0.489 e. The van der Waals surface area contributed by atoms with Crippen LogP contribution < -0.4 is 4.74 Å². The van der Waals surface area contributed by atoms with E-state index in [1.807, 2.05) is 30.3 Å². The molecule has 1 N–H and O–H groups in total. The van der Waals surface area contributed by atoms with Crippen molar-refractivity contribution in [1.82, 2.24) is 0 Å². The highest BCUT2D eigenvalue weighted by Gasteiger charge is 2.04. The van der Waals surface area contributed by atoms with E-state index in [2.05, 4.69) is 24.3 Å². The zero-order valence-electron chi connectivity index (χ0n) is 12.5. The molecule has 0 heterocycles. The molecule has 0 saturated carbocycles. The molecule has 0 aromatic heterocycles. The molecule has 0 unspecified atom stereocenters. The third-order valence-electron chi connectivity index (χ3n) is 3.52. The third kappa shape index (κ3) is 3.77. The lowest BCUT2D eigenvalue weighted by atomic mass is 10.0. The molecule has 3 aromatic carbocycles. The van der Waals surface area contributed by atoms with Crippen LogP contribution >= 0.6 is 0 Å². The van der Waals surface area contributed by atoms with Crippen LogP contribution in [0.5, 0.6) is 5.75 Å². The molecule has 3 rings (SSSR count). The van der Waals surface area contributed by atoms with E-state index in [0.717, 1.165) is 16.7 Å². The lowest BCUT2D eigenvalue weighted by Gasteiger charge is -2.09. The van der Waals surface area contributed by atoms with Crippen molar-refractivity contribution in [1.29, 1.82) is 0 Å². The standard InChI is InChI=1S/C20H16O3/c21-20(22)18-10-5-11-19(13-18)23-14-15-6-4-9-17(12-15)16-7-2-1-3-8-16/h1-13H,14H2,(H,21,22). The molecule has 114 valence electrons. The van der Waals surface area contributed by atoms with Crippen LogP contribution in [-0.2, 0) is 6.61 Å². The summed E-state index contributed by atoms with van der Waals surface area (Å²) in [5, 5.41) is 9.00. The Bertz CT molecular complexity index is 810. The van der Waals surface area contributed by atoms with Gasteiger partial charge in [0.2, 0.25) is 0 Å². The van der Waals surface area contributed by atoms with Gasteiger partial charge in [-0.25, -0.2) is 4.79 Å². The summed E-state index contributed by atoms with van der Waals surface area (Å²) >= 11 is 0. The van der Waals surface area contributed by atoms with Crippen LogP contribution in [-0.4, -0.2) is 11.1 Å². The summed E-state index contributed by atoms with van der Waals surface area (Å²) in [7, 11) is 0. The number of carbonyl (C=O) groups is 1. The van der Waals surface area contributed by atoms with Crippen LogP contribution in [0.1, 0.15) is 15.9 Å². The van der Waals surface area contributed by atoms with Crippen LogP contribution in [0.15, 0.2) is 78.9 Å². The second-order valence-electron chi connectivity index (χ2n) is 5.19. The molecule has 0 aliphatic heterocycles. The van der Waals surface area contributed by atoms with Crippen molar-refractivity contribution in [2.45, 2.75) is 6.61 Å². The van der Waals surface area contributed by atoms with Crippen molar-refractivity contribution in [2.24, 2.45) is 0 Å². The number of rotatable bonds is 5.